The van der Waals surface area contributed by atoms with E-state index in [1.165, 1.54) is 4.90 Å². The van der Waals surface area contributed by atoms with Gasteiger partial charge in [-0.3, -0.25) is 4.79 Å². The zero-order valence-corrected chi connectivity index (χ0v) is 20.3. The molecule has 0 radical (unpaired) electrons. The van der Waals surface area contributed by atoms with E-state index < -0.39 is 23.8 Å². The minimum Gasteiger partial charge on any atom is -0.378 e. The fourth-order valence-corrected chi connectivity index (χ4v) is 4.73. The molecular formula is C26H23Cl2F3N2O2. The fraction of sp³-hybridized carbons (Fsp3) is 0.269. The second-order valence-electron chi connectivity index (χ2n) is 8.52. The number of carbonyl (C=O) groups excluding carboxylic acids is 1. The van der Waals surface area contributed by atoms with Gasteiger partial charge in [-0.2, -0.15) is 13.2 Å². The Kier molecular flexibility index (Phi) is 7.31. The zero-order chi connectivity index (χ0) is 25.3. The quantitative estimate of drug-likeness (QED) is 0.428. The van der Waals surface area contributed by atoms with Crippen LogP contribution in [0.3, 0.4) is 0 Å². The standard InChI is InChI=1S/C26H23Cl2F3N2O2/c1-16-2-11-22(21(28)14-16)33-13-12-32(15-23(33)17-5-9-20(27)10-6-17)25(35)24(34)18-3-7-19(8-4-18)26(29,30)31/h2-11,14,23-24,34H,12-13,15H2,1H3. The van der Waals surface area contributed by atoms with Gasteiger partial charge in [0.05, 0.1) is 22.3 Å². The number of aryl methyl sites for hydroxylation is 1. The Hall–Kier alpha value is -2.74. The Balaban J connectivity index is 1.59. The lowest BCUT2D eigenvalue weighted by molar-refractivity contribution is -0.141. The van der Waals surface area contributed by atoms with Crippen LogP contribution in [-0.4, -0.2) is 35.5 Å². The summed E-state index contributed by atoms with van der Waals surface area (Å²) in [4.78, 5) is 16.8. The summed E-state index contributed by atoms with van der Waals surface area (Å²) in [5.74, 6) is -0.571. The summed E-state index contributed by atoms with van der Waals surface area (Å²) in [6.07, 6.45) is -6.06. The van der Waals surface area contributed by atoms with Gasteiger partial charge in [0, 0.05) is 24.7 Å². The molecule has 0 spiro atoms. The molecule has 2 unspecified atom stereocenters. The van der Waals surface area contributed by atoms with Crippen LogP contribution >= 0.6 is 23.2 Å². The minimum absolute atomic E-state index is 0.107. The number of anilines is 1. The van der Waals surface area contributed by atoms with E-state index in [0.717, 1.165) is 41.1 Å². The van der Waals surface area contributed by atoms with E-state index >= 15 is 0 Å². The molecule has 0 bridgehead atoms. The highest BCUT2D eigenvalue weighted by Gasteiger charge is 2.35. The monoisotopic (exact) mass is 522 g/mol. The fourth-order valence-electron chi connectivity index (χ4n) is 4.26. The van der Waals surface area contributed by atoms with Gasteiger partial charge < -0.3 is 14.9 Å². The van der Waals surface area contributed by atoms with Gasteiger partial charge in [-0.1, -0.05) is 53.5 Å². The second kappa shape index (κ2) is 10.1. The molecule has 1 amide bonds. The Morgan fingerprint density at radius 2 is 1.66 bits per heavy atom. The number of nitrogens with zero attached hydrogens (tertiary/aromatic N) is 2. The van der Waals surface area contributed by atoms with Crippen LogP contribution in [0.15, 0.2) is 66.7 Å². The van der Waals surface area contributed by atoms with Crippen molar-refractivity contribution in [2.75, 3.05) is 24.5 Å². The second-order valence-corrected chi connectivity index (χ2v) is 9.37. The number of rotatable bonds is 4. The normalized spacial score (nSPS) is 17.4. The zero-order valence-electron chi connectivity index (χ0n) is 18.8. The number of aliphatic hydroxyl groups excluding tert-OH is 1. The van der Waals surface area contributed by atoms with E-state index in [2.05, 4.69) is 4.90 Å². The molecule has 0 saturated carbocycles. The molecule has 35 heavy (non-hydrogen) atoms. The summed E-state index contributed by atoms with van der Waals surface area (Å²) in [6.45, 7) is 2.96. The Morgan fingerprint density at radius 3 is 2.26 bits per heavy atom. The number of amides is 1. The molecule has 0 aromatic heterocycles. The van der Waals surface area contributed by atoms with Crippen molar-refractivity contribution in [1.29, 1.82) is 0 Å². The largest absolute Gasteiger partial charge is 0.416 e. The summed E-state index contributed by atoms with van der Waals surface area (Å²) < 4.78 is 38.6. The smallest absolute Gasteiger partial charge is 0.378 e. The van der Waals surface area contributed by atoms with Crippen molar-refractivity contribution < 1.29 is 23.1 Å². The average molecular weight is 523 g/mol. The molecule has 9 heteroatoms. The molecule has 1 heterocycles. The minimum atomic E-state index is -4.49. The van der Waals surface area contributed by atoms with Gasteiger partial charge in [0.15, 0.2) is 6.10 Å². The predicted molar refractivity (Wildman–Crippen MR) is 131 cm³/mol. The lowest BCUT2D eigenvalue weighted by Gasteiger charge is -2.44. The SMILES string of the molecule is Cc1ccc(N2CCN(C(=O)C(O)c3ccc(C(F)(F)F)cc3)CC2c2ccc(Cl)cc2)c(Cl)c1. The lowest BCUT2D eigenvalue weighted by Crippen LogP contribution is -2.51. The van der Waals surface area contributed by atoms with Crippen LogP contribution < -0.4 is 4.90 Å². The highest BCUT2D eigenvalue weighted by molar-refractivity contribution is 6.33. The molecule has 3 aromatic carbocycles. The summed E-state index contributed by atoms with van der Waals surface area (Å²) in [5.41, 5.74) is 2.03. The van der Waals surface area contributed by atoms with Crippen molar-refractivity contribution in [2.45, 2.75) is 25.2 Å². The van der Waals surface area contributed by atoms with Gasteiger partial charge in [-0.25, -0.2) is 0 Å². The van der Waals surface area contributed by atoms with E-state index in [-0.39, 0.29) is 18.2 Å². The van der Waals surface area contributed by atoms with Crippen LogP contribution in [0.2, 0.25) is 10.0 Å². The number of benzene rings is 3. The Morgan fingerprint density at radius 1 is 1.00 bits per heavy atom. The summed E-state index contributed by atoms with van der Waals surface area (Å²) in [5, 5.41) is 11.8. The maximum atomic E-state index is 13.2. The van der Waals surface area contributed by atoms with Gasteiger partial charge in [-0.05, 0) is 60.0 Å². The molecule has 1 N–H and O–H groups in total. The lowest BCUT2D eigenvalue weighted by atomic mass is 9.99. The molecule has 1 fully saturated rings. The highest BCUT2D eigenvalue weighted by atomic mass is 35.5. The number of alkyl halides is 3. The van der Waals surface area contributed by atoms with Gasteiger partial charge >= 0.3 is 6.18 Å². The van der Waals surface area contributed by atoms with Crippen molar-refractivity contribution in [3.05, 3.63) is 99.0 Å². The third kappa shape index (κ3) is 5.58. The van der Waals surface area contributed by atoms with Gasteiger partial charge in [0.25, 0.3) is 5.91 Å². The van der Waals surface area contributed by atoms with Gasteiger partial charge in [0.2, 0.25) is 0 Å². The summed E-state index contributed by atoms with van der Waals surface area (Å²) in [7, 11) is 0. The van der Waals surface area contributed by atoms with Crippen LogP contribution in [0.25, 0.3) is 0 Å². The van der Waals surface area contributed by atoms with Crippen LogP contribution in [0.5, 0.6) is 0 Å². The van der Waals surface area contributed by atoms with Crippen molar-refractivity contribution in [3.63, 3.8) is 0 Å². The number of halogens is 5. The third-order valence-corrected chi connectivity index (χ3v) is 6.70. The first-order chi connectivity index (χ1) is 16.5. The van der Waals surface area contributed by atoms with E-state index in [4.69, 9.17) is 23.2 Å². The van der Waals surface area contributed by atoms with Crippen molar-refractivity contribution in [3.8, 4) is 0 Å². The molecule has 1 aliphatic rings. The molecule has 0 aliphatic carbocycles. The Bertz CT molecular complexity index is 1200. The van der Waals surface area contributed by atoms with Crippen molar-refractivity contribution >= 4 is 34.8 Å². The molecule has 184 valence electrons. The number of hydrogen-bond donors (Lipinski definition) is 1. The van der Waals surface area contributed by atoms with Crippen molar-refractivity contribution in [2.24, 2.45) is 0 Å². The van der Waals surface area contributed by atoms with Crippen LogP contribution in [0, 0.1) is 6.92 Å². The number of aliphatic hydroxyl groups is 1. The first-order valence-corrected chi connectivity index (χ1v) is 11.7. The van der Waals surface area contributed by atoms with E-state index in [0.29, 0.717) is 23.1 Å². The summed E-state index contributed by atoms with van der Waals surface area (Å²) in [6, 6.07) is 16.8. The number of carbonyl (C=O) groups is 1. The van der Waals surface area contributed by atoms with Gasteiger partial charge in [0.1, 0.15) is 0 Å². The molecule has 1 aliphatic heterocycles. The summed E-state index contributed by atoms with van der Waals surface area (Å²) >= 11 is 12.6. The van der Waals surface area contributed by atoms with Crippen LogP contribution in [0.4, 0.5) is 18.9 Å². The predicted octanol–water partition coefficient (Wildman–Crippen LogP) is 6.44. The number of piperazine rings is 1. The maximum absolute atomic E-state index is 13.2. The first kappa shape index (κ1) is 25.4. The maximum Gasteiger partial charge on any atom is 0.416 e. The van der Waals surface area contributed by atoms with E-state index in [1.54, 1.807) is 12.1 Å². The average Bonchev–Trinajstić information content (AvgIpc) is 2.83. The van der Waals surface area contributed by atoms with Crippen molar-refractivity contribution in [1.82, 2.24) is 4.90 Å². The van der Waals surface area contributed by atoms with Gasteiger partial charge in [-0.15, -0.1) is 0 Å². The molecular weight excluding hydrogens is 500 g/mol. The Labute approximate surface area is 211 Å². The first-order valence-electron chi connectivity index (χ1n) is 11.0. The molecule has 2 atom stereocenters. The van der Waals surface area contributed by atoms with E-state index in [1.807, 2.05) is 37.3 Å². The molecule has 1 saturated heterocycles. The third-order valence-electron chi connectivity index (χ3n) is 6.15. The van der Waals surface area contributed by atoms with Crippen LogP contribution in [0.1, 0.15) is 34.4 Å². The molecule has 4 rings (SSSR count). The van der Waals surface area contributed by atoms with Crippen LogP contribution in [-0.2, 0) is 11.0 Å². The highest BCUT2D eigenvalue weighted by Crippen LogP contribution is 2.37. The molecule has 4 nitrogen and oxygen atoms in total. The molecule has 3 aromatic rings. The topological polar surface area (TPSA) is 43.8 Å². The van der Waals surface area contributed by atoms with E-state index in [9.17, 15) is 23.1 Å². The number of hydrogen-bond acceptors (Lipinski definition) is 3.